The average molecular weight is 733 g/mol. The molecule has 0 bridgehead atoms. The van der Waals surface area contributed by atoms with Crippen LogP contribution in [0.5, 0.6) is 0 Å². The normalized spacial score (nSPS) is 14.2. The molecule has 0 fully saturated rings. The van der Waals surface area contributed by atoms with Crippen molar-refractivity contribution < 1.29 is 43.0 Å². The summed E-state index contributed by atoms with van der Waals surface area (Å²) in [6.07, 6.45) is 44.5. The molecular weight excluding hydrogens is 667 g/mol. The highest BCUT2D eigenvalue weighted by Gasteiger charge is 2.22. The van der Waals surface area contributed by atoms with Crippen LogP contribution in [0.2, 0.25) is 0 Å². The number of carbonyl (C=O) groups excluding carboxylic acids is 2. The Hall–Kier alpha value is -3.07. The summed E-state index contributed by atoms with van der Waals surface area (Å²) in [7, 11) is -4.80. The van der Waals surface area contributed by atoms with Crippen molar-refractivity contribution >= 4 is 19.8 Å². The zero-order chi connectivity index (χ0) is 37.7. The summed E-state index contributed by atoms with van der Waals surface area (Å²) < 4.78 is 26.2. The van der Waals surface area contributed by atoms with E-state index < -0.39 is 38.6 Å². The number of aliphatic hydroxyl groups excluding tert-OH is 1. The Balaban J connectivity index is 4.24. The molecule has 0 aromatic carbocycles. The summed E-state index contributed by atoms with van der Waals surface area (Å²) in [5, 5.41) is 10.0. The molecule has 0 heterocycles. The summed E-state index contributed by atoms with van der Waals surface area (Å²) >= 11 is 0. The lowest BCUT2D eigenvalue weighted by Crippen LogP contribution is -2.29. The Morgan fingerprint density at radius 2 is 1.18 bits per heavy atom. The van der Waals surface area contributed by atoms with Crippen LogP contribution in [-0.4, -0.2) is 52.3 Å². The highest BCUT2D eigenvalue weighted by atomic mass is 31.2. The number of esters is 2. The second kappa shape index (κ2) is 35.3. The van der Waals surface area contributed by atoms with E-state index in [0.717, 1.165) is 44.9 Å². The van der Waals surface area contributed by atoms with Crippen molar-refractivity contribution in [3.8, 4) is 0 Å². The Labute approximate surface area is 307 Å². The number of phosphoric ester groups is 1. The first-order valence-electron chi connectivity index (χ1n) is 18.6. The van der Waals surface area contributed by atoms with Gasteiger partial charge in [0.1, 0.15) is 6.61 Å². The van der Waals surface area contributed by atoms with Crippen molar-refractivity contribution in [1.82, 2.24) is 0 Å². The third kappa shape index (κ3) is 38.0. The van der Waals surface area contributed by atoms with Gasteiger partial charge in [0.15, 0.2) is 6.10 Å². The lowest BCUT2D eigenvalue weighted by molar-refractivity contribution is -0.161. The van der Waals surface area contributed by atoms with E-state index in [1.165, 1.54) is 19.3 Å². The highest BCUT2D eigenvalue weighted by Crippen LogP contribution is 2.35. The van der Waals surface area contributed by atoms with Gasteiger partial charge in [-0.1, -0.05) is 124 Å². The van der Waals surface area contributed by atoms with Crippen molar-refractivity contribution in [3.05, 3.63) is 97.2 Å². The Bertz CT molecular complexity index is 1160. The minimum absolute atomic E-state index is 0.0867. The molecule has 0 rings (SSSR count). The van der Waals surface area contributed by atoms with Gasteiger partial charge in [-0.25, -0.2) is 4.57 Å². The van der Waals surface area contributed by atoms with E-state index in [9.17, 15) is 19.3 Å². The molecule has 0 spiro atoms. The van der Waals surface area contributed by atoms with Crippen LogP contribution in [0, 0.1) is 0 Å². The number of hydrogen-bond acceptors (Lipinski definition) is 7. The molecule has 0 unspecified atom stereocenters. The van der Waals surface area contributed by atoms with Crippen molar-refractivity contribution in [2.75, 3.05) is 13.2 Å². The fraction of sp³-hybridized carbons (Fsp3) is 0.561. The molecule has 288 valence electrons. The summed E-state index contributed by atoms with van der Waals surface area (Å²) in [6.45, 7) is 3.35. The van der Waals surface area contributed by atoms with Crippen LogP contribution in [0.4, 0.5) is 0 Å². The summed E-state index contributed by atoms with van der Waals surface area (Å²) in [4.78, 5) is 42.7. The SMILES string of the molecule is CC/C=C\C/C=C\C/C=C\C/C=C\CCCCC(=O)OC[C@H](COP(=O)(O)O)OC(=O)CCC/C=C/C/C=C\C[C@@H](O)/C=C\C=C/CCCCC. The molecule has 51 heavy (non-hydrogen) atoms. The predicted molar refractivity (Wildman–Crippen MR) is 208 cm³/mol. The monoisotopic (exact) mass is 732 g/mol. The number of carbonyl (C=O) groups is 2. The van der Waals surface area contributed by atoms with E-state index in [2.05, 4.69) is 73.1 Å². The van der Waals surface area contributed by atoms with Gasteiger partial charge >= 0.3 is 19.8 Å². The molecule has 0 aromatic rings. The van der Waals surface area contributed by atoms with Crippen molar-refractivity contribution in [2.24, 2.45) is 0 Å². The van der Waals surface area contributed by atoms with Crippen molar-refractivity contribution in [3.63, 3.8) is 0 Å². The van der Waals surface area contributed by atoms with E-state index in [-0.39, 0.29) is 19.4 Å². The first-order valence-corrected chi connectivity index (χ1v) is 20.2. The quantitative estimate of drug-likeness (QED) is 0.0203. The number of aliphatic hydroxyl groups is 1. The fourth-order valence-corrected chi connectivity index (χ4v) is 4.74. The molecule has 0 saturated heterocycles. The van der Waals surface area contributed by atoms with E-state index in [1.54, 1.807) is 6.08 Å². The van der Waals surface area contributed by atoms with E-state index in [1.807, 2.05) is 36.5 Å². The molecule has 0 aliphatic rings. The van der Waals surface area contributed by atoms with Gasteiger partial charge < -0.3 is 24.4 Å². The molecule has 0 radical (unpaired) electrons. The fourth-order valence-electron chi connectivity index (χ4n) is 4.38. The second-order valence-corrected chi connectivity index (χ2v) is 13.2. The predicted octanol–water partition coefficient (Wildman–Crippen LogP) is 10.0. The maximum atomic E-state index is 12.3. The van der Waals surface area contributed by atoms with Crippen LogP contribution < -0.4 is 0 Å². The molecule has 9 nitrogen and oxygen atoms in total. The Morgan fingerprint density at radius 3 is 1.80 bits per heavy atom. The standard InChI is InChI=1S/C41H65O9P/c1-3-5-7-9-11-12-13-14-15-16-17-18-22-26-30-34-40(43)48-36-39(37-49-51(45,46)47)50-41(44)35-31-27-23-19-21-25-29-33-38(42)32-28-24-20-10-8-6-4-2/h5,7,11-12,14-15,17-20,23-25,28-29,32,38-39,42H,3-4,6,8-10,13,16,21-22,26-27,30-31,33-37H2,1-2H3,(H2,45,46,47)/b7-5-,12-11-,15-14-,18-17-,23-19+,24-20-,29-25-,32-28-/t38-,39+/m0/s1. The lowest BCUT2D eigenvalue weighted by Gasteiger charge is -2.18. The van der Waals surface area contributed by atoms with Crippen LogP contribution in [0.25, 0.3) is 0 Å². The maximum absolute atomic E-state index is 12.3. The third-order valence-electron chi connectivity index (χ3n) is 7.17. The van der Waals surface area contributed by atoms with Gasteiger partial charge in [-0.15, -0.1) is 0 Å². The van der Waals surface area contributed by atoms with Gasteiger partial charge in [0.25, 0.3) is 0 Å². The molecular formula is C41H65O9P. The Kier molecular flexibility index (Phi) is 33.2. The molecule has 0 aliphatic heterocycles. The summed E-state index contributed by atoms with van der Waals surface area (Å²) in [6, 6.07) is 0. The topological polar surface area (TPSA) is 140 Å². The van der Waals surface area contributed by atoms with E-state index in [0.29, 0.717) is 32.1 Å². The number of hydrogen-bond donors (Lipinski definition) is 3. The molecule has 0 aliphatic carbocycles. The maximum Gasteiger partial charge on any atom is 0.469 e. The summed E-state index contributed by atoms with van der Waals surface area (Å²) in [5.74, 6) is -1.05. The lowest BCUT2D eigenvalue weighted by atomic mass is 10.2. The van der Waals surface area contributed by atoms with E-state index in [4.69, 9.17) is 19.3 Å². The molecule has 0 amide bonds. The van der Waals surface area contributed by atoms with Gasteiger partial charge in [-0.05, 0) is 83.5 Å². The van der Waals surface area contributed by atoms with Crippen LogP contribution in [0.3, 0.4) is 0 Å². The minimum atomic E-state index is -4.80. The van der Waals surface area contributed by atoms with Gasteiger partial charge in [-0.3, -0.25) is 14.1 Å². The average Bonchev–Trinajstić information content (AvgIpc) is 3.09. The second-order valence-electron chi connectivity index (χ2n) is 12.0. The van der Waals surface area contributed by atoms with Crippen LogP contribution in [-0.2, 0) is 28.2 Å². The number of phosphoric acid groups is 1. The molecule has 2 atom stereocenters. The van der Waals surface area contributed by atoms with Crippen molar-refractivity contribution in [1.29, 1.82) is 0 Å². The van der Waals surface area contributed by atoms with Crippen LogP contribution in [0.1, 0.15) is 123 Å². The first-order chi connectivity index (χ1) is 24.7. The smallest absolute Gasteiger partial charge is 0.462 e. The first kappa shape index (κ1) is 47.9. The number of ether oxygens (including phenoxy) is 2. The zero-order valence-corrected chi connectivity index (χ0v) is 32.0. The van der Waals surface area contributed by atoms with Crippen molar-refractivity contribution in [2.45, 2.75) is 135 Å². The number of allylic oxidation sites excluding steroid dienone is 14. The summed E-state index contributed by atoms with van der Waals surface area (Å²) in [5.41, 5.74) is 0. The minimum Gasteiger partial charge on any atom is -0.462 e. The van der Waals surface area contributed by atoms with Crippen LogP contribution >= 0.6 is 7.82 Å². The number of rotatable bonds is 32. The Morgan fingerprint density at radius 1 is 0.627 bits per heavy atom. The highest BCUT2D eigenvalue weighted by molar-refractivity contribution is 7.46. The van der Waals surface area contributed by atoms with Gasteiger partial charge in [0, 0.05) is 12.8 Å². The molecule has 0 saturated carbocycles. The molecule has 0 aromatic heterocycles. The molecule has 10 heteroatoms. The molecule has 3 N–H and O–H groups in total. The zero-order valence-electron chi connectivity index (χ0n) is 31.1. The van der Waals surface area contributed by atoms with Gasteiger partial charge in [0.05, 0.1) is 12.7 Å². The van der Waals surface area contributed by atoms with Crippen LogP contribution in [0.15, 0.2) is 97.2 Å². The third-order valence-corrected chi connectivity index (χ3v) is 7.65. The van der Waals surface area contributed by atoms with Gasteiger partial charge in [0.2, 0.25) is 0 Å². The largest absolute Gasteiger partial charge is 0.469 e. The number of unbranched alkanes of at least 4 members (excludes halogenated alkanes) is 6. The van der Waals surface area contributed by atoms with E-state index >= 15 is 0 Å². The van der Waals surface area contributed by atoms with Gasteiger partial charge in [-0.2, -0.15) is 0 Å².